The Morgan fingerprint density at radius 3 is 2.50 bits per heavy atom. The molecule has 1 aliphatic rings. The number of halogens is 1. The van der Waals surface area contributed by atoms with E-state index in [-0.39, 0.29) is 12.4 Å². The number of hydrogen-bond donors (Lipinski definition) is 1. The zero-order chi connectivity index (χ0) is 14.4. The van der Waals surface area contributed by atoms with Gasteiger partial charge in [-0.1, -0.05) is 24.8 Å². The van der Waals surface area contributed by atoms with E-state index >= 15 is 0 Å². The molecule has 1 aromatic carbocycles. The lowest BCUT2D eigenvalue weighted by Crippen LogP contribution is -2.45. The predicted molar refractivity (Wildman–Crippen MR) is 77.8 cm³/mol. The maximum atomic E-state index is 14.0. The second-order valence-electron chi connectivity index (χ2n) is 4.98. The van der Waals surface area contributed by atoms with Crippen molar-refractivity contribution >= 4 is 0 Å². The molecular formula is C16H21FN2O. The van der Waals surface area contributed by atoms with Gasteiger partial charge in [0.1, 0.15) is 12.4 Å². The fourth-order valence-corrected chi connectivity index (χ4v) is 2.40. The minimum atomic E-state index is -0.215. The molecule has 1 saturated heterocycles. The number of benzene rings is 1. The molecule has 1 heterocycles. The molecule has 0 radical (unpaired) electrons. The molecular weight excluding hydrogens is 255 g/mol. The van der Waals surface area contributed by atoms with Crippen LogP contribution in [0.1, 0.15) is 18.1 Å². The minimum absolute atomic E-state index is 0.203. The molecule has 20 heavy (non-hydrogen) atoms. The molecule has 1 aliphatic heterocycles. The second kappa shape index (κ2) is 7.39. The molecule has 0 amide bonds. The molecule has 0 unspecified atom stereocenters. The van der Waals surface area contributed by atoms with E-state index in [0.29, 0.717) is 17.7 Å². The van der Waals surface area contributed by atoms with E-state index in [2.05, 4.69) is 28.6 Å². The van der Waals surface area contributed by atoms with Crippen molar-refractivity contribution in [2.45, 2.75) is 13.5 Å². The van der Waals surface area contributed by atoms with Crippen molar-refractivity contribution in [1.82, 2.24) is 9.80 Å². The molecule has 0 atom stereocenters. The van der Waals surface area contributed by atoms with Gasteiger partial charge in [0, 0.05) is 43.9 Å². The largest absolute Gasteiger partial charge is 0.384 e. The lowest BCUT2D eigenvalue weighted by molar-refractivity contribution is 0.131. The van der Waals surface area contributed by atoms with Crippen LogP contribution in [0, 0.1) is 17.7 Å². The predicted octanol–water partition coefficient (Wildman–Crippen LogP) is 1.31. The Kier molecular flexibility index (Phi) is 5.54. The van der Waals surface area contributed by atoms with Gasteiger partial charge in [-0.25, -0.2) is 4.39 Å². The van der Waals surface area contributed by atoms with Crippen LogP contribution in [0.4, 0.5) is 4.39 Å². The van der Waals surface area contributed by atoms with Crippen LogP contribution in [0.25, 0.3) is 0 Å². The minimum Gasteiger partial charge on any atom is -0.384 e. The Morgan fingerprint density at radius 1 is 1.20 bits per heavy atom. The van der Waals surface area contributed by atoms with Crippen molar-refractivity contribution in [2.75, 3.05) is 39.3 Å². The van der Waals surface area contributed by atoms with Crippen molar-refractivity contribution in [3.8, 4) is 11.8 Å². The molecule has 1 aromatic rings. The molecule has 2 rings (SSSR count). The molecule has 1 fully saturated rings. The Bertz CT molecular complexity index is 499. The second-order valence-corrected chi connectivity index (χ2v) is 4.98. The number of hydrogen-bond acceptors (Lipinski definition) is 3. The third-order valence-electron chi connectivity index (χ3n) is 3.67. The van der Waals surface area contributed by atoms with E-state index in [1.54, 1.807) is 6.07 Å². The summed E-state index contributed by atoms with van der Waals surface area (Å²) in [6, 6.07) is 5.05. The summed E-state index contributed by atoms with van der Waals surface area (Å²) >= 11 is 0. The van der Waals surface area contributed by atoms with Crippen molar-refractivity contribution in [1.29, 1.82) is 0 Å². The van der Waals surface area contributed by atoms with Crippen LogP contribution in [0.2, 0.25) is 0 Å². The molecule has 0 bridgehead atoms. The Hall–Kier alpha value is -1.41. The quantitative estimate of drug-likeness (QED) is 0.843. The van der Waals surface area contributed by atoms with Gasteiger partial charge in [0.15, 0.2) is 0 Å². The van der Waals surface area contributed by atoms with E-state index in [1.807, 2.05) is 6.07 Å². The molecule has 1 N–H and O–H groups in total. The summed E-state index contributed by atoms with van der Waals surface area (Å²) in [4.78, 5) is 4.68. The van der Waals surface area contributed by atoms with E-state index in [9.17, 15) is 4.39 Å². The van der Waals surface area contributed by atoms with Gasteiger partial charge >= 0.3 is 0 Å². The summed E-state index contributed by atoms with van der Waals surface area (Å²) in [6.07, 6.45) is 0. The summed E-state index contributed by atoms with van der Waals surface area (Å²) < 4.78 is 14.0. The fourth-order valence-electron chi connectivity index (χ4n) is 2.40. The first-order valence-electron chi connectivity index (χ1n) is 7.05. The van der Waals surface area contributed by atoms with Gasteiger partial charge in [-0.05, 0) is 18.7 Å². The number of aliphatic hydroxyl groups excluding tert-OH is 1. The monoisotopic (exact) mass is 276 g/mol. The zero-order valence-corrected chi connectivity index (χ0v) is 11.9. The highest BCUT2D eigenvalue weighted by Crippen LogP contribution is 2.14. The highest BCUT2D eigenvalue weighted by molar-refractivity contribution is 5.37. The molecule has 0 spiro atoms. The van der Waals surface area contributed by atoms with Crippen molar-refractivity contribution in [2.24, 2.45) is 0 Å². The molecule has 4 heteroatoms. The molecule has 0 aliphatic carbocycles. The maximum absolute atomic E-state index is 14.0. The van der Waals surface area contributed by atoms with Gasteiger partial charge < -0.3 is 10.0 Å². The summed E-state index contributed by atoms with van der Waals surface area (Å²) in [7, 11) is 0. The van der Waals surface area contributed by atoms with Crippen LogP contribution in [0.5, 0.6) is 0 Å². The Labute approximate surface area is 120 Å². The van der Waals surface area contributed by atoms with Crippen molar-refractivity contribution in [3.63, 3.8) is 0 Å². The molecule has 108 valence electrons. The van der Waals surface area contributed by atoms with E-state index in [1.165, 1.54) is 6.07 Å². The number of likely N-dealkylation sites (N-methyl/N-ethyl adjacent to an activating group) is 1. The van der Waals surface area contributed by atoms with Gasteiger partial charge in [0.2, 0.25) is 0 Å². The van der Waals surface area contributed by atoms with Crippen LogP contribution in [-0.2, 0) is 6.54 Å². The first-order valence-corrected chi connectivity index (χ1v) is 7.05. The van der Waals surface area contributed by atoms with Gasteiger partial charge in [-0.3, -0.25) is 4.90 Å². The number of aliphatic hydroxyl groups is 1. The lowest BCUT2D eigenvalue weighted by Gasteiger charge is -2.34. The molecule has 0 aromatic heterocycles. The fraction of sp³-hybridized carbons (Fsp3) is 0.500. The van der Waals surface area contributed by atoms with Crippen molar-refractivity contribution in [3.05, 3.63) is 35.1 Å². The van der Waals surface area contributed by atoms with Crippen LogP contribution >= 0.6 is 0 Å². The summed E-state index contributed by atoms with van der Waals surface area (Å²) in [6.45, 7) is 7.78. The molecule has 3 nitrogen and oxygen atoms in total. The maximum Gasteiger partial charge on any atom is 0.128 e. The van der Waals surface area contributed by atoms with Crippen LogP contribution in [0.3, 0.4) is 0 Å². The SMILES string of the molecule is CCN1CCN(Cc2ccc(C#CCO)cc2F)CC1. The number of nitrogens with zero attached hydrogens (tertiary/aromatic N) is 2. The van der Waals surface area contributed by atoms with Gasteiger partial charge in [-0.15, -0.1) is 0 Å². The Morgan fingerprint density at radius 2 is 1.90 bits per heavy atom. The lowest BCUT2D eigenvalue weighted by atomic mass is 10.1. The zero-order valence-electron chi connectivity index (χ0n) is 11.9. The Balaban J connectivity index is 1.96. The topological polar surface area (TPSA) is 26.7 Å². The average molecular weight is 276 g/mol. The van der Waals surface area contributed by atoms with Gasteiger partial charge in [0.25, 0.3) is 0 Å². The van der Waals surface area contributed by atoms with E-state index in [4.69, 9.17) is 5.11 Å². The standard InChI is InChI=1S/C16H21FN2O/c1-2-18-7-9-19(10-8-18)13-15-6-5-14(4-3-11-20)12-16(15)17/h5-6,12,20H,2,7-11,13H2,1H3. The normalized spacial score (nSPS) is 16.8. The van der Waals surface area contributed by atoms with Crippen molar-refractivity contribution < 1.29 is 9.50 Å². The number of piperazine rings is 1. The first-order chi connectivity index (χ1) is 9.72. The summed E-state index contributed by atoms with van der Waals surface area (Å²) in [5.74, 6) is 5.03. The third kappa shape index (κ3) is 4.04. The number of rotatable bonds is 3. The van der Waals surface area contributed by atoms with Crippen LogP contribution in [0.15, 0.2) is 18.2 Å². The van der Waals surface area contributed by atoms with E-state index in [0.717, 1.165) is 32.7 Å². The van der Waals surface area contributed by atoms with Gasteiger partial charge in [-0.2, -0.15) is 0 Å². The first kappa shape index (κ1) is 15.0. The summed E-state index contributed by atoms with van der Waals surface area (Å²) in [5, 5.41) is 8.63. The smallest absolute Gasteiger partial charge is 0.128 e. The van der Waals surface area contributed by atoms with E-state index < -0.39 is 0 Å². The van der Waals surface area contributed by atoms with Crippen LogP contribution in [-0.4, -0.2) is 54.2 Å². The average Bonchev–Trinajstić information content (AvgIpc) is 2.48. The highest BCUT2D eigenvalue weighted by Gasteiger charge is 2.16. The van der Waals surface area contributed by atoms with Crippen LogP contribution < -0.4 is 0 Å². The summed E-state index contributed by atoms with van der Waals surface area (Å²) in [5.41, 5.74) is 1.32. The molecule has 0 saturated carbocycles. The third-order valence-corrected chi connectivity index (χ3v) is 3.67. The van der Waals surface area contributed by atoms with Gasteiger partial charge in [0.05, 0.1) is 0 Å². The highest BCUT2D eigenvalue weighted by atomic mass is 19.1.